The minimum Gasteiger partial charge on any atom is -0.488 e. The number of hydrogen-bond donors (Lipinski definition) is 3. The largest absolute Gasteiger partial charge is 0.488 e. The molecule has 1 atom stereocenters. The van der Waals surface area contributed by atoms with E-state index in [4.69, 9.17) is 4.74 Å². The first-order valence-corrected chi connectivity index (χ1v) is 9.23. The Bertz CT molecular complexity index is 586. The number of carbonyl (C=O) groups excluding carboxylic acids is 1. The van der Waals surface area contributed by atoms with Crippen LogP contribution < -0.4 is 20.7 Å². The van der Waals surface area contributed by atoms with E-state index in [0.29, 0.717) is 31.5 Å². The first-order chi connectivity index (χ1) is 12.2. The van der Waals surface area contributed by atoms with Crippen LogP contribution in [0.4, 0.5) is 0 Å². The van der Waals surface area contributed by atoms with Crippen LogP contribution in [-0.2, 0) is 11.2 Å². The van der Waals surface area contributed by atoms with Crippen LogP contribution in [0.25, 0.3) is 0 Å². The highest BCUT2D eigenvalue weighted by Crippen LogP contribution is 2.27. The third-order valence-corrected chi connectivity index (χ3v) is 4.80. The van der Waals surface area contributed by atoms with Crippen LogP contribution in [0.3, 0.4) is 0 Å². The van der Waals surface area contributed by atoms with Crippen molar-refractivity contribution in [3.05, 3.63) is 29.8 Å². The molecule has 3 rings (SSSR count). The standard InChI is InChI=1S/C19H28N4O2/c1-20-19(21-11-10-18(24)23-15-7-3-4-8-15)22-13-16-12-14-6-2-5-9-17(14)25-16/h2,5-6,9,15-16H,3-4,7-8,10-13H2,1H3,(H,23,24)(H2,20,21,22). The summed E-state index contributed by atoms with van der Waals surface area (Å²) in [5.74, 6) is 1.79. The Kier molecular flexibility index (Phi) is 6.14. The fraction of sp³-hybridized carbons (Fsp3) is 0.579. The molecule has 1 amide bonds. The lowest BCUT2D eigenvalue weighted by atomic mass is 10.1. The maximum absolute atomic E-state index is 11.9. The van der Waals surface area contributed by atoms with E-state index in [-0.39, 0.29) is 12.0 Å². The normalized spacial score (nSPS) is 20.0. The van der Waals surface area contributed by atoms with Crippen LogP contribution in [0.15, 0.2) is 29.3 Å². The number of fused-ring (bicyclic) bond motifs is 1. The zero-order chi connectivity index (χ0) is 17.5. The van der Waals surface area contributed by atoms with Crippen molar-refractivity contribution in [1.82, 2.24) is 16.0 Å². The Morgan fingerprint density at radius 3 is 2.80 bits per heavy atom. The van der Waals surface area contributed by atoms with E-state index in [9.17, 15) is 4.79 Å². The monoisotopic (exact) mass is 344 g/mol. The summed E-state index contributed by atoms with van der Waals surface area (Å²) in [6.07, 6.45) is 6.17. The van der Waals surface area contributed by atoms with Gasteiger partial charge in [-0.1, -0.05) is 31.0 Å². The van der Waals surface area contributed by atoms with Gasteiger partial charge in [0.05, 0.1) is 6.54 Å². The number of rotatable bonds is 6. The van der Waals surface area contributed by atoms with Crippen LogP contribution in [-0.4, -0.2) is 44.1 Å². The number of guanidine groups is 1. The zero-order valence-electron chi connectivity index (χ0n) is 14.9. The lowest BCUT2D eigenvalue weighted by Gasteiger charge is -2.16. The van der Waals surface area contributed by atoms with Gasteiger partial charge in [-0.25, -0.2) is 0 Å². The van der Waals surface area contributed by atoms with Gasteiger partial charge in [-0.2, -0.15) is 0 Å². The van der Waals surface area contributed by atoms with E-state index in [1.54, 1.807) is 7.05 Å². The molecule has 6 heteroatoms. The number of carbonyl (C=O) groups is 1. The molecule has 0 spiro atoms. The van der Waals surface area contributed by atoms with Crippen molar-refractivity contribution in [2.75, 3.05) is 20.1 Å². The van der Waals surface area contributed by atoms with Crippen molar-refractivity contribution < 1.29 is 9.53 Å². The second-order valence-corrected chi connectivity index (χ2v) is 6.73. The number of para-hydroxylation sites is 1. The van der Waals surface area contributed by atoms with E-state index in [1.807, 2.05) is 18.2 Å². The van der Waals surface area contributed by atoms with E-state index >= 15 is 0 Å². The lowest BCUT2D eigenvalue weighted by Crippen LogP contribution is -2.43. The highest BCUT2D eigenvalue weighted by atomic mass is 16.5. The molecule has 1 aliphatic heterocycles. The van der Waals surface area contributed by atoms with Crippen molar-refractivity contribution in [3.8, 4) is 5.75 Å². The Labute approximate surface area is 149 Å². The van der Waals surface area contributed by atoms with Crippen molar-refractivity contribution in [3.63, 3.8) is 0 Å². The second kappa shape index (κ2) is 8.74. The minimum absolute atomic E-state index is 0.113. The van der Waals surface area contributed by atoms with Gasteiger partial charge in [-0.3, -0.25) is 9.79 Å². The molecule has 1 unspecified atom stereocenters. The van der Waals surface area contributed by atoms with Crippen LogP contribution >= 0.6 is 0 Å². The second-order valence-electron chi connectivity index (χ2n) is 6.73. The molecule has 0 aromatic heterocycles. The average Bonchev–Trinajstić information content (AvgIpc) is 3.26. The van der Waals surface area contributed by atoms with Gasteiger partial charge in [-0.05, 0) is 24.5 Å². The summed E-state index contributed by atoms with van der Waals surface area (Å²) >= 11 is 0. The van der Waals surface area contributed by atoms with Gasteiger partial charge >= 0.3 is 0 Å². The number of nitrogens with zero attached hydrogens (tertiary/aromatic N) is 1. The fourth-order valence-corrected chi connectivity index (χ4v) is 3.46. The molecule has 1 aromatic carbocycles. The molecule has 1 heterocycles. The maximum atomic E-state index is 11.9. The molecule has 6 nitrogen and oxygen atoms in total. The smallest absolute Gasteiger partial charge is 0.221 e. The molecule has 0 bridgehead atoms. The van der Waals surface area contributed by atoms with Gasteiger partial charge in [0.15, 0.2) is 5.96 Å². The summed E-state index contributed by atoms with van der Waals surface area (Å²) < 4.78 is 5.91. The number of hydrogen-bond acceptors (Lipinski definition) is 3. The lowest BCUT2D eigenvalue weighted by molar-refractivity contribution is -0.121. The molecule has 25 heavy (non-hydrogen) atoms. The van der Waals surface area contributed by atoms with Gasteiger partial charge in [0, 0.05) is 32.5 Å². The maximum Gasteiger partial charge on any atom is 0.221 e. The number of benzene rings is 1. The Morgan fingerprint density at radius 2 is 2.04 bits per heavy atom. The molecule has 2 aliphatic rings. The summed E-state index contributed by atoms with van der Waals surface area (Å²) in [5.41, 5.74) is 1.25. The summed E-state index contributed by atoms with van der Waals surface area (Å²) in [7, 11) is 1.73. The molecule has 136 valence electrons. The van der Waals surface area contributed by atoms with Crippen molar-refractivity contribution in [1.29, 1.82) is 0 Å². The quantitative estimate of drug-likeness (QED) is 0.541. The van der Waals surface area contributed by atoms with E-state index < -0.39 is 0 Å². The average molecular weight is 344 g/mol. The highest BCUT2D eigenvalue weighted by molar-refractivity contribution is 5.81. The summed E-state index contributed by atoms with van der Waals surface area (Å²) in [4.78, 5) is 16.1. The third kappa shape index (κ3) is 5.11. The molecule has 1 saturated carbocycles. The van der Waals surface area contributed by atoms with Crippen LogP contribution in [0, 0.1) is 0 Å². The van der Waals surface area contributed by atoms with E-state index in [2.05, 4.69) is 27.0 Å². The van der Waals surface area contributed by atoms with Crippen LogP contribution in [0.5, 0.6) is 5.75 Å². The highest BCUT2D eigenvalue weighted by Gasteiger charge is 2.22. The predicted molar refractivity (Wildman–Crippen MR) is 98.9 cm³/mol. The zero-order valence-corrected chi connectivity index (χ0v) is 14.9. The van der Waals surface area contributed by atoms with Gasteiger partial charge in [0.25, 0.3) is 0 Å². The van der Waals surface area contributed by atoms with Crippen LogP contribution in [0.1, 0.15) is 37.7 Å². The molecular formula is C19H28N4O2. The molecule has 0 radical (unpaired) electrons. The van der Waals surface area contributed by atoms with Crippen molar-refractivity contribution >= 4 is 11.9 Å². The summed E-state index contributed by atoms with van der Waals surface area (Å²) in [5, 5.41) is 9.57. The van der Waals surface area contributed by atoms with Crippen molar-refractivity contribution in [2.45, 2.75) is 50.7 Å². The van der Waals surface area contributed by atoms with Gasteiger partial charge in [0.2, 0.25) is 5.91 Å². The Balaban J connectivity index is 1.32. The summed E-state index contributed by atoms with van der Waals surface area (Å²) in [6, 6.07) is 8.52. The number of amides is 1. The van der Waals surface area contributed by atoms with Gasteiger partial charge in [-0.15, -0.1) is 0 Å². The van der Waals surface area contributed by atoms with Crippen LogP contribution in [0.2, 0.25) is 0 Å². The Morgan fingerprint density at radius 1 is 1.24 bits per heavy atom. The molecule has 1 aromatic rings. The number of ether oxygens (including phenoxy) is 1. The minimum atomic E-state index is 0.113. The molecule has 0 saturated heterocycles. The third-order valence-electron chi connectivity index (χ3n) is 4.80. The SMILES string of the molecule is CN=C(NCCC(=O)NC1CCCC1)NCC1Cc2ccccc2O1. The number of nitrogens with one attached hydrogen (secondary N) is 3. The Hall–Kier alpha value is -2.24. The molecule has 1 fully saturated rings. The number of aliphatic imine (C=N–C) groups is 1. The topological polar surface area (TPSA) is 74.8 Å². The predicted octanol–water partition coefficient (Wildman–Crippen LogP) is 1.60. The van der Waals surface area contributed by atoms with Gasteiger partial charge in [0.1, 0.15) is 11.9 Å². The molecular weight excluding hydrogens is 316 g/mol. The van der Waals surface area contributed by atoms with E-state index in [0.717, 1.165) is 25.0 Å². The molecule has 3 N–H and O–H groups in total. The first kappa shape index (κ1) is 17.6. The fourth-order valence-electron chi connectivity index (χ4n) is 3.46. The van der Waals surface area contributed by atoms with Crippen molar-refractivity contribution in [2.24, 2.45) is 4.99 Å². The van der Waals surface area contributed by atoms with Gasteiger partial charge < -0.3 is 20.7 Å². The summed E-state index contributed by atoms with van der Waals surface area (Å²) in [6.45, 7) is 1.26. The first-order valence-electron chi connectivity index (χ1n) is 9.23. The van der Waals surface area contributed by atoms with E-state index in [1.165, 1.54) is 18.4 Å². The molecule has 1 aliphatic carbocycles.